The molecule has 18 aromatic carbocycles. The lowest BCUT2D eigenvalue weighted by atomic mass is 10.2. The SMILES string of the molecule is COc1ccc([I+]c2ccc(CO)cc2)cc1.COc1ccc([I+]c2ccccc2)cc1.Clc1ccc([I+]c2ccc(Cl)c(Cl)c2)cc1Cl.Clc1ccc([I+]c2ccc(Cl)cc2)cc1.Clc1ccc([I+]c2ccccc2)c(Cl)c1.Clc1ccc([I+]c2ccccc2)cc1.Clc1ccc([I+]c2ccccc2)cc1Cl.O=[N+]([O-])c1ccc([I+]c2ccc([N+](=O)[O-])cc2)cc1.O=[N+]([O-])c1cccc([I+]c2cccc([N+](=O)[O-])c2)c1. The number of hydrogen-bond donors (Lipinski definition) is 1. The van der Waals surface area contributed by atoms with Gasteiger partial charge in [-0.25, -0.2) is 0 Å². The van der Waals surface area contributed by atoms with Gasteiger partial charge in [-0.05, 0) is 279 Å². The highest BCUT2D eigenvalue weighted by Gasteiger charge is 2.27. The molecule has 0 unspecified atom stereocenters. The molecule has 0 bridgehead atoms. The first kappa shape index (κ1) is 121. The standard InChI is InChI=1S/C14H14IO2.C13H12IO.C12H6Cl4I.3C12H8Cl2I.C12H9ClI.2C12H8IN2O4/c1-17-14-8-6-13(7-9-14)15-12-4-2-11(10-16)3-5-12;1-15-13-9-7-12(8-10-13)14-11-5-3-2-4-6-11;13-9-3-1-7(5-11(9)15)17-8-2-4-10(14)12(16)6-8;13-9-1-5-11(6-2-9)15-12-7-3-10(14)4-8-12;13-9-6-7-12(11(14)8-9)15-10-4-2-1-3-5-10;13-11-7-6-10(8-12(11)14)15-9-4-2-1-3-5-9;13-10-6-8-12(9-7-10)14-11-4-2-1-3-5-11;16-14(17)11-5-1-9(2-6-11)13-10-3-7-12(8-4-10)15(18)19;16-14(17)11-5-1-3-9(7-11)13-10-4-2-6-12(8-10)15(18)19/h2-9,16H,10H2,1H3;2-10H,1H3;1-6H;3*1-8H;1-9H;2*1-8H/q9*+1. The molecule has 0 aliphatic carbocycles. The minimum Gasteiger partial charge on any atom is -0.497 e. The predicted octanol–water partition coefficient (Wildman–Crippen LogP) is 4.66. The van der Waals surface area contributed by atoms with Crippen molar-refractivity contribution in [3.63, 3.8) is 0 Å². The molecule has 0 spiro atoms. The number of nitro groups is 4. The van der Waals surface area contributed by atoms with Crippen molar-refractivity contribution in [3.8, 4) is 11.5 Å². The second kappa shape index (κ2) is 66.6. The van der Waals surface area contributed by atoms with Crippen LogP contribution in [0.4, 0.5) is 22.7 Å². The second-order valence-electron chi connectivity index (χ2n) is 28.6. The zero-order chi connectivity index (χ0) is 104. The average Bonchev–Trinajstić information content (AvgIpc) is 0.860. The number of rotatable bonds is 25. The fourth-order valence-electron chi connectivity index (χ4n) is 11.1. The molecule has 0 fully saturated rings. The van der Waals surface area contributed by atoms with E-state index in [0.29, 0.717) is 35.2 Å². The highest BCUT2D eigenvalue weighted by molar-refractivity contribution is 6.43. The number of aliphatic hydroxyl groups is 1. The molecule has 0 atom stereocenters. The number of non-ortho nitro benzene ring substituents is 4. The summed E-state index contributed by atoms with van der Waals surface area (Å²) in [6.45, 7) is 0.112. The molecule has 146 heavy (non-hydrogen) atoms. The fourth-order valence-corrected chi connectivity index (χ4v) is 33.8. The van der Waals surface area contributed by atoms with Crippen molar-refractivity contribution in [1.82, 2.24) is 0 Å². The third kappa shape index (κ3) is 45.8. The van der Waals surface area contributed by atoms with Crippen LogP contribution in [0.2, 0.25) is 55.2 Å². The molecule has 1 N–H and O–H groups in total. The van der Waals surface area contributed by atoms with E-state index in [0.717, 1.165) is 51.4 Å². The van der Waals surface area contributed by atoms with E-state index < -0.39 is 62.1 Å². The number of nitrogens with zero attached hydrogens (tertiary/aromatic N) is 4. The molecule has 0 amide bonds. The highest BCUT2D eigenvalue weighted by Crippen LogP contribution is 2.24. The second-order valence-corrected chi connectivity index (χ2v) is 60.4. The predicted molar refractivity (Wildman–Crippen MR) is 553 cm³/mol. The Kier molecular flexibility index (Phi) is 55.1. The number of aliphatic hydroxyl groups excluding tert-OH is 1. The number of nitro benzene ring substituents is 4. The van der Waals surface area contributed by atoms with Gasteiger partial charge in [0.2, 0.25) is 10.7 Å². The van der Waals surface area contributed by atoms with Crippen molar-refractivity contribution < 1.29 is 225 Å². The molecule has 18 rings (SSSR count). The van der Waals surface area contributed by atoms with Crippen LogP contribution in [0.25, 0.3) is 0 Å². The number of halogens is 20. The number of benzene rings is 18. The molecule has 18 aromatic rings. The third-order valence-corrected chi connectivity index (χ3v) is 46.1. The van der Waals surface area contributed by atoms with Crippen molar-refractivity contribution >= 4 is 150 Å². The summed E-state index contributed by atoms with van der Waals surface area (Å²) in [7, 11) is 3.37. The molecule has 0 aromatic heterocycles. The van der Waals surface area contributed by atoms with Gasteiger partial charge in [-0.3, -0.25) is 40.5 Å². The molecule has 0 saturated carbocycles. The van der Waals surface area contributed by atoms with Gasteiger partial charge in [0, 0.05) is 74.7 Å². The molecule has 0 radical (unpaired) electrons. The summed E-state index contributed by atoms with van der Waals surface area (Å²) in [6, 6.07) is 140. The minimum absolute atomic E-state index is 0.0427. The lowest BCUT2D eigenvalue weighted by molar-refractivity contribution is -0.598. The molecular formula is C111H81Cl11I9N4O11+9. The van der Waals surface area contributed by atoms with Crippen molar-refractivity contribution in [2.75, 3.05) is 14.2 Å². The zero-order valence-electron chi connectivity index (χ0n) is 76.2. The first-order valence-corrected chi connectivity index (χ1v) is 66.1. The van der Waals surface area contributed by atoms with E-state index in [2.05, 4.69) is 188 Å². The maximum atomic E-state index is 10.7. The van der Waals surface area contributed by atoms with Gasteiger partial charge in [0.05, 0.1) is 87.8 Å². The maximum Gasteiger partial charge on any atom is 0.359 e. The van der Waals surface area contributed by atoms with E-state index in [-0.39, 0.29) is 178 Å². The number of ether oxygens (including phenoxy) is 2. The summed E-state index contributed by atoms with van der Waals surface area (Å²) in [5, 5.41) is 58.8. The average molecular weight is 3180 g/mol. The van der Waals surface area contributed by atoms with Crippen LogP contribution in [0.3, 0.4) is 0 Å². The van der Waals surface area contributed by atoms with Crippen molar-refractivity contribution in [2.24, 2.45) is 0 Å². The Bertz CT molecular complexity index is 6900. The lowest BCUT2D eigenvalue weighted by Crippen LogP contribution is -3.61. The van der Waals surface area contributed by atoms with Gasteiger partial charge in [0.25, 0.3) is 22.7 Å². The molecular weight excluding hydrogens is 3100 g/mol. The van der Waals surface area contributed by atoms with Crippen molar-refractivity contribution in [1.29, 1.82) is 0 Å². The summed E-state index contributed by atoms with van der Waals surface area (Å²) < 4.78 is 32.8. The number of methoxy groups -OCH3 is 2. The van der Waals surface area contributed by atoms with E-state index in [1.165, 1.54) is 98.5 Å². The Labute approximate surface area is 995 Å². The van der Waals surface area contributed by atoms with Crippen LogP contribution in [0.5, 0.6) is 11.5 Å². The highest BCUT2D eigenvalue weighted by atomic mass is 127. The third-order valence-electron chi connectivity index (χ3n) is 18.1. The molecule has 0 heterocycles. The van der Waals surface area contributed by atoms with Gasteiger partial charge in [-0.1, -0.05) is 225 Å². The first-order chi connectivity index (χ1) is 70.5. The largest absolute Gasteiger partial charge is 0.497 e. The smallest absolute Gasteiger partial charge is 0.359 e. The van der Waals surface area contributed by atoms with Gasteiger partial charge >= 0.3 is 191 Å². The normalized spacial score (nSPS) is 10.2. The van der Waals surface area contributed by atoms with Gasteiger partial charge in [-0.15, -0.1) is 0 Å². The van der Waals surface area contributed by atoms with E-state index in [9.17, 15) is 40.5 Å². The Morgan fingerprint density at radius 1 is 0.205 bits per heavy atom. The first-order valence-electron chi connectivity index (χ1n) is 42.5. The minimum atomic E-state index is -0.665. The monoisotopic (exact) mass is 3170 g/mol. The number of hydrogen-bond acceptors (Lipinski definition) is 11. The van der Waals surface area contributed by atoms with Gasteiger partial charge in [-0.2, -0.15) is 0 Å². The van der Waals surface area contributed by atoms with Crippen molar-refractivity contribution in [3.05, 3.63) is 602 Å². The van der Waals surface area contributed by atoms with Crippen LogP contribution in [-0.2, 0) is 6.61 Å². The quantitative estimate of drug-likeness (QED) is 0.0360. The Balaban J connectivity index is 0.000000169. The van der Waals surface area contributed by atoms with Crippen LogP contribution in [-0.4, -0.2) is 39.0 Å². The van der Waals surface area contributed by atoms with Gasteiger partial charge in [0.15, 0.2) is 53.6 Å². The van der Waals surface area contributed by atoms with E-state index >= 15 is 0 Å². The summed E-state index contributed by atoms with van der Waals surface area (Å²) in [5.41, 5.74) is 1.19. The molecule has 0 saturated heterocycles. The summed E-state index contributed by atoms with van der Waals surface area (Å²) in [4.78, 5) is 40.6. The summed E-state index contributed by atoms with van der Waals surface area (Å²) >= 11 is 62.8. The molecule has 0 aliphatic rings. The topological polar surface area (TPSA) is 211 Å². The van der Waals surface area contributed by atoms with Crippen LogP contribution < -0.4 is 200 Å². The van der Waals surface area contributed by atoms with E-state index in [4.69, 9.17) is 142 Å². The molecule has 742 valence electrons. The van der Waals surface area contributed by atoms with Crippen molar-refractivity contribution in [2.45, 2.75) is 6.61 Å². The van der Waals surface area contributed by atoms with E-state index in [1.54, 1.807) is 68.8 Å². The van der Waals surface area contributed by atoms with E-state index in [1.807, 2.05) is 146 Å². The van der Waals surface area contributed by atoms with Crippen LogP contribution >= 0.6 is 128 Å². The Morgan fingerprint density at radius 3 is 0.685 bits per heavy atom. The maximum absolute atomic E-state index is 10.7. The molecule has 0 aliphatic heterocycles. The van der Waals surface area contributed by atoms with Gasteiger partial charge in [0.1, 0.15) is 11.5 Å². The molecule has 15 nitrogen and oxygen atoms in total. The fraction of sp³-hybridized carbons (Fsp3) is 0.0270. The Hall–Kier alpha value is -7.12. The van der Waals surface area contributed by atoms with Crippen LogP contribution in [0, 0.1) is 105 Å². The van der Waals surface area contributed by atoms with Crippen LogP contribution in [0.1, 0.15) is 5.56 Å². The lowest BCUT2D eigenvalue weighted by Gasteiger charge is -1.96. The summed E-state index contributed by atoms with van der Waals surface area (Å²) in [5.74, 6) is 1.82. The zero-order valence-corrected chi connectivity index (χ0v) is 104. The van der Waals surface area contributed by atoms with Gasteiger partial charge < -0.3 is 14.6 Å². The summed E-state index contributed by atoms with van der Waals surface area (Å²) in [6.07, 6.45) is 0. The molecule has 35 heteroatoms. The Morgan fingerprint density at radius 2 is 0.425 bits per heavy atom. The van der Waals surface area contributed by atoms with Crippen LogP contribution in [0.15, 0.2) is 437 Å².